The molecule has 6 nitrogen and oxygen atoms in total. The Bertz CT molecular complexity index is 1030. The van der Waals surface area contributed by atoms with Crippen LogP contribution in [0.3, 0.4) is 0 Å². The van der Waals surface area contributed by atoms with Gasteiger partial charge in [-0.25, -0.2) is 0 Å². The SMILES string of the molecule is COc1ccc(Nc2nnc(SCC(=O)Nc3ccc(Cl)cc3C(F)(F)F)s2)cc1. The van der Waals surface area contributed by atoms with Crippen molar-refractivity contribution < 1.29 is 22.7 Å². The summed E-state index contributed by atoms with van der Waals surface area (Å²) in [5.74, 6) is -0.0148. The van der Waals surface area contributed by atoms with Gasteiger partial charge in [-0.05, 0) is 42.5 Å². The number of nitrogens with zero attached hydrogens (tertiary/aromatic N) is 2. The van der Waals surface area contributed by atoms with Crippen molar-refractivity contribution >= 4 is 57.1 Å². The van der Waals surface area contributed by atoms with Gasteiger partial charge in [0.1, 0.15) is 5.75 Å². The van der Waals surface area contributed by atoms with Crippen LogP contribution in [0, 0.1) is 0 Å². The van der Waals surface area contributed by atoms with Crippen molar-refractivity contribution in [3.63, 3.8) is 0 Å². The highest BCUT2D eigenvalue weighted by Crippen LogP contribution is 2.36. The third kappa shape index (κ3) is 6.00. The zero-order valence-electron chi connectivity index (χ0n) is 15.3. The maximum absolute atomic E-state index is 13.1. The Labute approximate surface area is 182 Å². The van der Waals surface area contributed by atoms with Crippen LogP contribution < -0.4 is 15.4 Å². The number of hydrogen-bond donors (Lipinski definition) is 2. The molecule has 3 rings (SSSR count). The molecule has 0 aliphatic carbocycles. The third-order valence-electron chi connectivity index (χ3n) is 3.64. The molecule has 0 bridgehead atoms. The highest BCUT2D eigenvalue weighted by atomic mass is 35.5. The number of anilines is 3. The molecule has 0 saturated carbocycles. The minimum Gasteiger partial charge on any atom is -0.497 e. The number of alkyl halides is 3. The lowest BCUT2D eigenvalue weighted by Crippen LogP contribution is -2.18. The Morgan fingerprint density at radius 2 is 1.93 bits per heavy atom. The van der Waals surface area contributed by atoms with Crippen LogP contribution in [-0.2, 0) is 11.0 Å². The molecule has 0 aliphatic rings. The molecule has 2 N–H and O–H groups in total. The number of carbonyl (C=O) groups excluding carboxylic acids is 1. The van der Waals surface area contributed by atoms with Crippen LogP contribution in [-0.4, -0.2) is 29.0 Å². The summed E-state index contributed by atoms with van der Waals surface area (Å²) < 4.78 is 44.9. The Hall–Kier alpha value is -2.50. The van der Waals surface area contributed by atoms with E-state index in [2.05, 4.69) is 20.8 Å². The first kappa shape index (κ1) is 22.2. The first-order valence-electron chi connectivity index (χ1n) is 8.28. The van der Waals surface area contributed by atoms with Gasteiger partial charge in [-0.2, -0.15) is 13.2 Å². The molecule has 158 valence electrons. The van der Waals surface area contributed by atoms with E-state index in [1.165, 1.54) is 17.4 Å². The average Bonchev–Trinajstić information content (AvgIpc) is 3.15. The van der Waals surface area contributed by atoms with E-state index in [4.69, 9.17) is 16.3 Å². The van der Waals surface area contributed by atoms with Gasteiger partial charge in [0.15, 0.2) is 4.34 Å². The molecule has 1 heterocycles. The fraction of sp³-hybridized carbons (Fsp3) is 0.167. The largest absolute Gasteiger partial charge is 0.497 e. The molecule has 12 heteroatoms. The number of halogens is 4. The summed E-state index contributed by atoms with van der Waals surface area (Å²) in [7, 11) is 1.57. The van der Waals surface area contributed by atoms with E-state index in [1.807, 2.05) is 12.1 Å². The molecule has 0 aliphatic heterocycles. The lowest BCUT2D eigenvalue weighted by molar-refractivity contribution is -0.137. The van der Waals surface area contributed by atoms with E-state index in [0.29, 0.717) is 9.47 Å². The highest BCUT2D eigenvalue weighted by molar-refractivity contribution is 8.01. The minimum absolute atomic E-state index is 0.0690. The Morgan fingerprint density at radius 3 is 2.60 bits per heavy atom. The lowest BCUT2D eigenvalue weighted by atomic mass is 10.1. The predicted molar refractivity (Wildman–Crippen MR) is 112 cm³/mol. The van der Waals surface area contributed by atoms with Crippen molar-refractivity contribution in [2.45, 2.75) is 10.5 Å². The first-order chi connectivity index (χ1) is 14.2. The van der Waals surface area contributed by atoms with Crippen LogP contribution in [0.5, 0.6) is 5.75 Å². The second-order valence-electron chi connectivity index (χ2n) is 5.75. The third-order valence-corrected chi connectivity index (χ3v) is 5.84. The molecular formula is C18H14ClF3N4O2S2. The number of hydrogen-bond acceptors (Lipinski definition) is 7. The fourth-order valence-corrected chi connectivity index (χ4v) is 4.03. The number of ether oxygens (including phenoxy) is 1. The van der Waals surface area contributed by atoms with Crippen LogP contribution >= 0.6 is 34.7 Å². The Kier molecular flexibility index (Phi) is 7.06. The van der Waals surface area contributed by atoms with E-state index < -0.39 is 17.6 Å². The highest BCUT2D eigenvalue weighted by Gasteiger charge is 2.34. The van der Waals surface area contributed by atoms with Crippen molar-refractivity contribution in [1.82, 2.24) is 10.2 Å². The minimum atomic E-state index is -4.64. The lowest BCUT2D eigenvalue weighted by Gasteiger charge is -2.13. The quantitative estimate of drug-likeness (QED) is 0.428. The van der Waals surface area contributed by atoms with Crippen LogP contribution in [0.4, 0.5) is 29.7 Å². The number of rotatable bonds is 7. The summed E-state index contributed by atoms with van der Waals surface area (Å²) in [4.78, 5) is 12.1. The molecule has 1 amide bonds. The van der Waals surface area contributed by atoms with Gasteiger partial charge in [0, 0.05) is 10.7 Å². The summed E-state index contributed by atoms with van der Waals surface area (Å²) >= 11 is 7.92. The van der Waals surface area contributed by atoms with Gasteiger partial charge in [-0.1, -0.05) is 34.7 Å². The van der Waals surface area contributed by atoms with E-state index in [1.54, 1.807) is 19.2 Å². The number of methoxy groups -OCH3 is 1. The number of benzene rings is 2. The second kappa shape index (κ2) is 9.54. The Morgan fingerprint density at radius 1 is 1.20 bits per heavy atom. The Balaban J connectivity index is 1.57. The van der Waals surface area contributed by atoms with Crippen LogP contribution in [0.25, 0.3) is 0 Å². The summed E-state index contributed by atoms with van der Waals surface area (Å²) in [5, 5.41) is 13.7. The molecule has 30 heavy (non-hydrogen) atoms. The summed E-state index contributed by atoms with van der Waals surface area (Å²) in [5.41, 5.74) is -0.574. The monoisotopic (exact) mass is 474 g/mol. The molecule has 0 saturated heterocycles. The number of thioether (sulfide) groups is 1. The fourth-order valence-electron chi connectivity index (χ4n) is 2.29. The number of aromatic nitrogens is 2. The maximum Gasteiger partial charge on any atom is 0.418 e. The summed E-state index contributed by atoms with van der Waals surface area (Å²) in [6, 6.07) is 10.4. The van der Waals surface area contributed by atoms with E-state index >= 15 is 0 Å². The molecular weight excluding hydrogens is 461 g/mol. The van der Waals surface area contributed by atoms with Gasteiger partial charge in [-0.3, -0.25) is 4.79 Å². The standard InChI is InChI=1S/C18H14ClF3N4O2S2/c1-28-12-5-3-11(4-6-12)23-16-25-26-17(30-16)29-9-15(27)24-14-7-2-10(19)8-13(14)18(20,21)22/h2-8H,9H2,1H3,(H,23,25)(H,24,27). The smallest absolute Gasteiger partial charge is 0.418 e. The van der Waals surface area contributed by atoms with Crippen molar-refractivity contribution in [2.75, 3.05) is 23.5 Å². The molecule has 3 aromatic rings. The molecule has 0 atom stereocenters. The average molecular weight is 475 g/mol. The zero-order chi connectivity index (χ0) is 21.7. The van der Waals surface area contributed by atoms with Gasteiger partial charge < -0.3 is 15.4 Å². The molecule has 0 unspecified atom stereocenters. The van der Waals surface area contributed by atoms with Gasteiger partial charge in [-0.15, -0.1) is 10.2 Å². The number of nitrogens with one attached hydrogen (secondary N) is 2. The van der Waals surface area contributed by atoms with E-state index in [9.17, 15) is 18.0 Å². The van der Waals surface area contributed by atoms with Crippen LogP contribution in [0.15, 0.2) is 46.8 Å². The molecule has 1 aromatic heterocycles. The van der Waals surface area contributed by atoms with Gasteiger partial charge in [0.05, 0.1) is 24.1 Å². The van der Waals surface area contributed by atoms with E-state index in [0.717, 1.165) is 35.3 Å². The van der Waals surface area contributed by atoms with Crippen molar-refractivity contribution in [2.24, 2.45) is 0 Å². The van der Waals surface area contributed by atoms with Gasteiger partial charge in [0.25, 0.3) is 0 Å². The zero-order valence-corrected chi connectivity index (χ0v) is 17.7. The topological polar surface area (TPSA) is 76.1 Å². The maximum atomic E-state index is 13.1. The normalized spacial score (nSPS) is 11.2. The van der Waals surface area contributed by atoms with E-state index in [-0.39, 0.29) is 16.5 Å². The van der Waals surface area contributed by atoms with Crippen LogP contribution in [0.2, 0.25) is 5.02 Å². The molecule has 2 aromatic carbocycles. The van der Waals surface area contributed by atoms with Crippen molar-refractivity contribution in [1.29, 1.82) is 0 Å². The van der Waals surface area contributed by atoms with Crippen LogP contribution in [0.1, 0.15) is 5.56 Å². The number of carbonyl (C=O) groups is 1. The van der Waals surface area contributed by atoms with Crippen molar-refractivity contribution in [3.05, 3.63) is 53.1 Å². The number of amides is 1. The molecule has 0 spiro atoms. The second-order valence-corrected chi connectivity index (χ2v) is 8.39. The predicted octanol–water partition coefficient (Wildman–Crippen LogP) is 5.69. The molecule has 0 fully saturated rings. The summed E-state index contributed by atoms with van der Waals surface area (Å²) in [6.07, 6.45) is -4.64. The first-order valence-corrected chi connectivity index (χ1v) is 10.5. The molecule has 0 radical (unpaired) electrons. The van der Waals surface area contributed by atoms with Crippen molar-refractivity contribution in [3.8, 4) is 5.75 Å². The van der Waals surface area contributed by atoms with Gasteiger partial charge in [0.2, 0.25) is 11.0 Å². The van der Waals surface area contributed by atoms with Gasteiger partial charge >= 0.3 is 6.18 Å². The summed E-state index contributed by atoms with van der Waals surface area (Å²) in [6.45, 7) is 0.